The zero-order valence-electron chi connectivity index (χ0n) is 14.7. The van der Waals surface area contributed by atoms with Crippen LogP contribution in [0.4, 0.5) is 0 Å². The van der Waals surface area contributed by atoms with Crippen LogP contribution in [-0.2, 0) is 11.2 Å². The number of halogens is 1. The Kier molecular flexibility index (Phi) is 7.61. The second-order valence-electron chi connectivity index (χ2n) is 5.63. The first kappa shape index (κ1) is 20.2. The number of rotatable bonds is 7. The van der Waals surface area contributed by atoms with Gasteiger partial charge in [-0.15, -0.1) is 0 Å². The van der Waals surface area contributed by atoms with Gasteiger partial charge in [0.1, 0.15) is 29.2 Å². The molecule has 0 aromatic heterocycles. The summed E-state index contributed by atoms with van der Waals surface area (Å²) in [4.78, 5) is 12.0. The van der Waals surface area contributed by atoms with Crippen LogP contribution in [0.15, 0.2) is 52.5 Å². The van der Waals surface area contributed by atoms with Crippen molar-refractivity contribution in [3.63, 3.8) is 0 Å². The third-order valence-corrected chi connectivity index (χ3v) is 4.16. The second kappa shape index (κ2) is 10.2. The molecule has 0 spiro atoms. The van der Waals surface area contributed by atoms with Crippen LogP contribution in [0.3, 0.4) is 0 Å². The van der Waals surface area contributed by atoms with Crippen LogP contribution in [0.5, 0.6) is 11.5 Å². The Bertz CT molecular complexity index is 906. The summed E-state index contributed by atoms with van der Waals surface area (Å²) >= 11 is 3.45. The smallest absolute Gasteiger partial charge is 0.349 e. The molecule has 0 fully saturated rings. The van der Waals surface area contributed by atoms with Crippen LogP contribution in [0, 0.1) is 22.7 Å². The monoisotopic (exact) mass is 424 g/mol. The minimum absolute atomic E-state index is 0.00340. The first-order valence-electron chi connectivity index (χ1n) is 8.29. The van der Waals surface area contributed by atoms with Gasteiger partial charge in [0, 0.05) is 0 Å². The molecule has 0 N–H and O–H groups in total. The molecule has 0 bridgehead atoms. The highest BCUT2D eigenvalue weighted by Crippen LogP contribution is 2.26. The van der Waals surface area contributed by atoms with Gasteiger partial charge in [0.2, 0.25) is 0 Å². The molecule has 0 aliphatic heterocycles. The zero-order chi connectivity index (χ0) is 19.6. The van der Waals surface area contributed by atoms with Gasteiger partial charge in [-0.2, -0.15) is 10.5 Å². The van der Waals surface area contributed by atoms with E-state index in [-0.39, 0.29) is 12.2 Å². The number of allylic oxidation sites excluding steroid dienone is 1. The minimum Gasteiger partial charge on any atom is -0.481 e. The molecule has 0 aliphatic carbocycles. The molecule has 0 heterocycles. The SMILES string of the molecule is CCCc1ccc(OCC(=O)Oc2ccc(C=C(C#N)C#N)cc2)c(Br)c1. The summed E-state index contributed by atoms with van der Waals surface area (Å²) in [6.07, 6.45) is 3.49. The van der Waals surface area contributed by atoms with E-state index in [9.17, 15) is 4.79 Å². The van der Waals surface area contributed by atoms with Gasteiger partial charge >= 0.3 is 5.97 Å². The van der Waals surface area contributed by atoms with Gasteiger partial charge < -0.3 is 9.47 Å². The average molecular weight is 425 g/mol. The summed E-state index contributed by atoms with van der Waals surface area (Å²) in [6, 6.07) is 15.8. The Labute approximate surface area is 166 Å². The molecule has 0 saturated carbocycles. The van der Waals surface area contributed by atoms with E-state index in [1.54, 1.807) is 36.4 Å². The predicted octanol–water partition coefficient (Wildman–Crippen LogP) is 4.82. The fraction of sp³-hybridized carbons (Fsp3) is 0.190. The van der Waals surface area contributed by atoms with Crippen LogP contribution in [0.1, 0.15) is 24.5 Å². The molecule has 0 saturated heterocycles. The van der Waals surface area contributed by atoms with Crippen molar-refractivity contribution in [1.29, 1.82) is 10.5 Å². The fourth-order valence-electron chi connectivity index (χ4n) is 2.29. The van der Waals surface area contributed by atoms with Crippen molar-refractivity contribution in [3.8, 4) is 23.6 Å². The van der Waals surface area contributed by atoms with Crippen LogP contribution in [-0.4, -0.2) is 12.6 Å². The van der Waals surface area contributed by atoms with Crippen molar-refractivity contribution in [2.45, 2.75) is 19.8 Å². The fourth-order valence-corrected chi connectivity index (χ4v) is 2.83. The van der Waals surface area contributed by atoms with E-state index in [1.165, 1.54) is 11.6 Å². The van der Waals surface area contributed by atoms with E-state index in [0.29, 0.717) is 17.1 Å². The maximum absolute atomic E-state index is 12.0. The topological polar surface area (TPSA) is 83.1 Å². The summed E-state index contributed by atoms with van der Waals surface area (Å²) in [6.45, 7) is 1.89. The molecule has 27 heavy (non-hydrogen) atoms. The summed E-state index contributed by atoms with van der Waals surface area (Å²) in [5, 5.41) is 17.5. The summed E-state index contributed by atoms with van der Waals surface area (Å²) in [7, 11) is 0. The third kappa shape index (κ3) is 6.29. The van der Waals surface area contributed by atoms with E-state index in [0.717, 1.165) is 17.3 Å². The predicted molar refractivity (Wildman–Crippen MR) is 105 cm³/mol. The molecule has 2 rings (SSSR count). The van der Waals surface area contributed by atoms with Gasteiger partial charge in [-0.3, -0.25) is 0 Å². The molecule has 0 radical (unpaired) electrons. The highest BCUT2D eigenvalue weighted by Gasteiger charge is 2.09. The molecule has 0 atom stereocenters. The van der Waals surface area contributed by atoms with Gasteiger partial charge in [-0.1, -0.05) is 31.5 Å². The third-order valence-electron chi connectivity index (χ3n) is 3.54. The maximum Gasteiger partial charge on any atom is 0.349 e. The number of carbonyl (C=O) groups is 1. The van der Waals surface area contributed by atoms with Gasteiger partial charge in [-0.05, 0) is 63.8 Å². The lowest BCUT2D eigenvalue weighted by molar-refractivity contribution is -0.136. The van der Waals surface area contributed by atoms with Gasteiger partial charge in [0.25, 0.3) is 0 Å². The molecule has 6 heteroatoms. The van der Waals surface area contributed by atoms with E-state index in [2.05, 4.69) is 22.9 Å². The Hall–Kier alpha value is -3.09. The molecule has 2 aromatic carbocycles. The number of esters is 1. The number of hydrogen-bond donors (Lipinski definition) is 0. The highest BCUT2D eigenvalue weighted by molar-refractivity contribution is 9.10. The number of benzene rings is 2. The summed E-state index contributed by atoms with van der Waals surface area (Å²) in [5.74, 6) is 0.402. The molecule has 0 aliphatic rings. The van der Waals surface area contributed by atoms with E-state index >= 15 is 0 Å². The molecule has 0 unspecified atom stereocenters. The van der Waals surface area contributed by atoms with Crippen molar-refractivity contribution in [1.82, 2.24) is 0 Å². The van der Waals surface area contributed by atoms with E-state index in [1.807, 2.05) is 18.2 Å². The number of nitriles is 2. The Morgan fingerprint density at radius 3 is 2.44 bits per heavy atom. The van der Waals surface area contributed by atoms with Crippen molar-refractivity contribution in [2.24, 2.45) is 0 Å². The number of aryl methyl sites for hydroxylation is 1. The van der Waals surface area contributed by atoms with Crippen molar-refractivity contribution >= 4 is 28.0 Å². The van der Waals surface area contributed by atoms with E-state index in [4.69, 9.17) is 20.0 Å². The largest absolute Gasteiger partial charge is 0.481 e. The standard InChI is InChI=1S/C21H17BrN2O3/c1-2-3-15-6-9-20(19(22)11-15)26-14-21(25)27-18-7-4-16(5-8-18)10-17(12-23)13-24/h4-11H,2-3,14H2,1H3. The van der Waals surface area contributed by atoms with E-state index < -0.39 is 5.97 Å². The van der Waals surface area contributed by atoms with Crippen LogP contribution in [0.25, 0.3) is 6.08 Å². The quantitative estimate of drug-likeness (QED) is 0.361. The van der Waals surface area contributed by atoms with Crippen molar-refractivity contribution in [2.75, 3.05) is 6.61 Å². The molecular weight excluding hydrogens is 408 g/mol. The second-order valence-corrected chi connectivity index (χ2v) is 6.48. The Morgan fingerprint density at radius 1 is 1.15 bits per heavy atom. The average Bonchev–Trinajstić information content (AvgIpc) is 2.67. The molecular formula is C21H17BrN2O3. The lowest BCUT2D eigenvalue weighted by atomic mass is 10.1. The van der Waals surface area contributed by atoms with Crippen LogP contribution in [0.2, 0.25) is 0 Å². The summed E-state index contributed by atoms with van der Waals surface area (Å²) in [5.41, 5.74) is 1.87. The van der Waals surface area contributed by atoms with Gasteiger partial charge in [0.05, 0.1) is 4.47 Å². The van der Waals surface area contributed by atoms with Crippen molar-refractivity contribution in [3.05, 3.63) is 63.6 Å². The summed E-state index contributed by atoms with van der Waals surface area (Å²) < 4.78 is 11.5. The lowest BCUT2D eigenvalue weighted by Crippen LogP contribution is -2.17. The zero-order valence-corrected chi connectivity index (χ0v) is 16.3. The number of nitrogens with zero attached hydrogens (tertiary/aromatic N) is 2. The highest BCUT2D eigenvalue weighted by atomic mass is 79.9. The minimum atomic E-state index is -0.530. The van der Waals surface area contributed by atoms with Crippen LogP contribution < -0.4 is 9.47 Å². The number of hydrogen-bond acceptors (Lipinski definition) is 5. The lowest BCUT2D eigenvalue weighted by Gasteiger charge is -2.09. The number of ether oxygens (including phenoxy) is 2. The molecule has 136 valence electrons. The first-order valence-corrected chi connectivity index (χ1v) is 9.09. The van der Waals surface area contributed by atoms with Gasteiger partial charge in [-0.25, -0.2) is 4.79 Å². The maximum atomic E-state index is 12.0. The van der Waals surface area contributed by atoms with Gasteiger partial charge in [0.15, 0.2) is 6.61 Å². The number of carbonyl (C=O) groups excluding carboxylic acids is 1. The molecule has 2 aromatic rings. The Balaban J connectivity index is 1.92. The van der Waals surface area contributed by atoms with Crippen LogP contribution >= 0.6 is 15.9 Å². The normalized spacial score (nSPS) is 9.63. The molecule has 5 nitrogen and oxygen atoms in total. The van der Waals surface area contributed by atoms with Crippen molar-refractivity contribution < 1.29 is 14.3 Å². The molecule has 0 amide bonds. The Morgan fingerprint density at radius 2 is 1.85 bits per heavy atom. The first-order chi connectivity index (χ1) is 13.0.